The van der Waals surface area contributed by atoms with Crippen molar-refractivity contribution in [3.63, 3.8) is 0 Å². The Labute approximate surface area is 140 Å². The number of hydrogen-bond donors (Lipinski definition) is 1. The van der Waals surface area contributed by atoms with Gasteiger partial charge in [0.15, 0.2) is 0 Å². The van der Waals surface area contributed by atoms with Crippen LogP contribution < -0.4 is 5.32 Å². The molecule has 3 rings (SSSR count). The van der Waals surface area contributed by atoms with Crippen molar-refractivity contribution in [3.8, 4) is 0 Å². The average Bonchev–Trinajstić information content (AvgIpc) is 2.84. The Hall–Kier alpha value is -2.52. The standard InChI is InChI=1S/C19H17ClN2O/c1-22(2)11-10-15(13-6-4-3-5-7-13)18-16-12-14(20)8-9-17(16)21-19(18)23/h3-12H,1-2H3,(H,21,23)/b11-10+,18-15+. The summed E-state index contributed by atoms with van der Waals surface area (Å²) in [7, 11) is 3.90. The molecule has 0 aliphatic carbocycles. The summed E-state index contributed by atoms with van der Waals surface area (Å²) in [6.07, 6.45) is 3.89. The minimum atomic E-state index is -0.107. The monoisotopic (exact) mass is 324 g/mol. The summed E-state index contributed by atoms with van der Waals surface area (Å²) in [5.41, 5.74) is 4.14. The lowest BCUT2D eigenvalue weighted by Crippen LogP contribution is -2.06. The molecule has 0 bridgehead atoms. The Bertz CT molecular complexity index is 807. The van der Waals surface area contributed by atoms with Crippen LogP contribution in [0.25, 0.3) is 11.1 Å². The molecule has 0 saturated carbocycles. The van der Waals surface area contributed by atoms with Crippen molar-refractivity contribution in [2.75, 3.05) is 19.4 Å². The number of anilines is 1. The smallest absolute Gasteiger partial charge is 0.256 e. The normalized spacial score (nSPS) is 15.5. The lowest BCUT2D eigenvalue weighted by atomic mass is 9.95. The average molecular weight is 325 g/mol. The first-order valence-corrected chi connectivity index (χ1v) is 7.69. The molecule has 3 nitrogen and oxygen atoms in total. The number of halogens is 1. The van der Waals surface area contributed by atoms with Gasteiger partial charge in [0.25, 0.3) is 5.91 Å². The second-order valence-corrected chi connectivity index (χ2v) is 6.01. The number of amides is 1. The van der Waals surface area contributed by atoms with Crippen LogP contribution in [0.1, 0.15) is 11.1 Å². The zero-order chi connectivity index (χ0) is 16.4. The lowest BCUT2D eigenvalue weighted by Gasteiger charge is -2.10. The summed E-state index contributed by atoms with van der Waals surface area (Å²) in [6, 6.07) is 15.3. The van der Waals surface area contributed by atoms with Crippen LogP contribution in [-0.4, -0.2) is 24.9 Å². The Morgan fingerprint density at radius 2 is 1.87 bits per heavy atom. The first kappa shape index (κ1) is 15.4. The van der Waals surface area contributed by atoms with Crippen molar-refractivity contribution in [2.45, 2.75) is 0 Å². The number of nitrogens with one attached hydrogen (secondary N) is 1. The van der Waals surface area contributed by atoms with Crippen LogP contribution in [0.4, 0.5) is 5.69 Å². The molecule has 1 N–H and O–H groups in total. The van der Waals surface area contributed by atoms with E-state index in [1.807, 2.05) is 73.7 Å². The van der Waals surface area contributed by atoms with Gasteiger partial charge in [-0.05, 0) is 41.6 Å². The quantitative estimate of drug-likeness (QED) is 0.855. The van der Waals surface area contributed by atoms with Gasteiger partial charge in [0.1, 0.15) is 0 Å². The molecule has 0 spiro atoms. The van der Waals surface area contributed by atoms with Crippen LogP contribution in [0.15, 0.2) is 60.8 Å². The topological polar surface area (TPSA) is 32.3 Å². The van der Waals surface area contributed by atoms with Crippen LogP contribution in [0.2, 0.25) is 5.02 Å². The highest BCUT2D eigenvalue weighted by atomic mass is 35.5. The first-order valence-electron chi connectivity index (χ1n) is 7.32. The summed E-state index contributed by atoms with van der Waals surface area (Å²) in [4.78, 5) is 14.5. The third kappa shape index (κ3) is 3.15. The maximum atomic E-state index is 12.5. The van der Waals surface area contributed by atoms with Gasteiger partial charge in [-0.3, -0.25) is 4.79 Å². The SMILES string of the molecule is CN(C)/C=C/C(=C1\C(=O)Nc2ccc(Cl)cc21)c1ccccc1. The highest BCUT2D eigenvalue weighted by Crippen LogP contribution is 2.38. The Morgan fingerprint density at radius 1 is 1.13 bits per heavy atom. The maximum Gasteiger partial charge on any atom is 0.256 e. The molecule has 4 heteroatoms. The largest absolute Gasteiger partial charge is 0.383 e. The van der Waals surface area contributed by atoms with Crippen LogP contribution in [0, 0.1) is 0 Å². The number of nitrogens with zero attached hydrogens (tertiary/aromatic N) is 1. The van der Waals surface area contributed by atoms with E-state index >= 15 is 0 Å². The van der Waals surface area contributed by atoms with Crippen LogP contribution in [0.3, 0.4) is 0 Å². The van der Waals surface area contributed by atoms with E-state index in [4.69, 9.17) is 11.6 Å². The molecule has 0 fully saturated rings. The fourth-order valence-corrected chi connectivity index (χ4v) is 2.74. The molecule has 0 saturated heterocycles. The van der Waals surface area contributed by atoms with Crippen LogP contribution in [0.5, 0.6) is 0 Å². The molecule has 1 amide bonds. The molecule has 116 valence electrons. The van der Waals surface area contributed by atoms with Crippen molar-refractivity contribution >= 4 is 34.3 Å². The second-order valence-electron chi connectivity index (χ2n) is 5.58. The van der Waals surface area contributed by atoms with E-state index in [2.05, 4.69) is 5.32 Å². The molecule has 1 heterocycles. The van der Waals surface area contributed by atoms with Gasteiger partial charge >= 0.3 is 0 Å². The summed E-state index contributed by atoms with van der Waals surface area (Å²) in [6.45, 7) is 0. The minimum Gasteiger partial charge on any atom is -0.383 e. The van der Waals surface area contributed by atoms with Gasteiger partial charge in [-0.15, -0.1) is 0 Å². The van der Waals surface area contributed by atoms with Gasteiger partial charge in [-0.1, -0.05) is 41.9 Å². The predicted octanol–water partition coefficient (Wildman–Crippen LogP) is 4.28. The molecule has 2 aromatic carbocycles. The van der Waals surface area contributed by atoms with Gasteiger partial charge in [-0.25, -0.2) is 0 Å². The third-order valence-corrected chi connectivity index (χ3v) is 3.85. The molecule has 23 heavy (non-hydrogen) atoms. The van der Waals surface area contributed by atoms with E-state index in [-0.39, 0.29) is 5.91 Å². The minimum absolute atomic E-state index is 0.107. The number of hydrogen-bond acceptors (Lipinski definition) is 2. The first-order chi connectivity index (χ1) is 11.1. The van der Waals surface area contributed by atoms with Gasteiger partial charge in [0, 0.05) is 30.4 Å². The van der Waals surface area contributed by atoms with Crippen molar-refractivity contribution in [3.05, 3.63) is 77.0 Å². The van der Waals surface area contributed by atoms with E-state index in [0.717, 1.165) is 22.4 Å². The lowest BCUT2D eigenvalue weighted by molar-refractivity contribution is -0.110. The van der Waals surface area contributed by atoms with Crippen molar-refractivity contribution in [1.29, 1.82) is 0 Å². The molecule has 1 aliphatic rings. The zero-order valence-electron chi connectivity index (χ0n) is 13.0. The summed E-state index contributed by atoms with van der Waals surface area (Å²) in [5.74, 6) is -0.107. The van der Waals surface area contributed by atoms with E-state index in [1.54, 1.807) is 6.07 Å². The molecule has 0 unspecified atom stereocenters. The Kier molecular flexibility index (Phi) is 4.22. The number of benzene rings is 2. The van der Waals surface area contributed by atoms with Crippen molar-refractivity contribution in [2.24, 2.45) is 0 Å². The van der Waals surface area contributed by atoms with E-state index in [0.29, 0.717) is 10.6 Å². The van der Waals surface area contributed by atoms with Gasteiger partial charge < -0.3 is 10.2 Å². The van der Waals surface area contributed by atoms with E-state index < -0.39 is 0 Å². The van der Waals surface area contributed by atoms with Gasteiger partial charge in [-0.2, -0.15) is 0 Å². The number of fused-ring (bicyclic) bond motifs is 1. The Morgan fingerprint density at radius 3 is 2.57 bits per heavy atom. The molecular formula is C19H17ClN2O. The van der Waals surface area contributed by atoms with Crippen LogP contribution in [-0.2, 0) is 4.79 Å². The second kappa shape index (κ2) is 6.31. The number of carbonyl (C=O) groups excluding carboxylic acids is 1. The Balaban J connectivity index is 2.25. The highest BCUT2D eigenvalue weighted by Gasteiger charge is 2.27. The van der Waals surface area contributed by atoms with Crippen molar-refractivity contribution < 1.29 is 4.79 Å². The summed E-state index contributed by atoms with van der Waals surface area (Å²) in [5, 5.41) is 3.52. The molecule has 0 radical (unpaired) electrons. The molecule has 0 atom stereocenters. The molecule has 1 aliphatic heterocycles. The molecular weight excluding hydrogens is 308 g/mol. The summed E-state index contributed by atoms with van der Waals surface area (Å²) >= 11 is 6.13. The van der Waals surface area contributed by atoms with E-state index in [1.165, 1.54) is 0 Å². The predicted molar refractivity (Wildman–Crippen MR) is 96.2 cm³/mol. The summed E-state index contributed by atoms with van der Waals surface area (Å²) < 4.78 is 0. The number of rotatable bonds is 3. The fourth-order valence-electron chi connectivity index (χ4n) is 2.57. The maximum absolute atomic E-state index is 12.5. The van der Waals surface area contributed by atoms with Gasteiger partial charge in [0.05, 0.1) is 5.57 Å². The third-order valence-electron chi connectivity index (χ3n) is 3.62. The number of allylic oxidation sites excluding steroid dienone is 2. The molecule has 2 aromatic rings. The highest BCUT2D eigenvalue weighted by molar-refractivity contribution is 6.39. The molecule has 0 aromatic heterocycles. The number of carbonyl (C=O) groups is 1. The van der Waals surface area contributed by atoms with E-state index in [9.17, 15) is 4.79 Å². The zero-order valence-corrected chi connectivity index (χ0v) is 13.8. The fraction of sp³-hybridized carbons (Fsp3) is 0.105. The van der Waals surface area contributed by atoms with Crippen molar-refractivity contribution in [1.82, 2.24) is 4.90 Å². The van der Waals surface area contributed by atoms with Gasteiger partial charge in [0.2, 0.25) is 0 Å². The van der Waals surface area contributed by atoms with Crippen LogP contribution >= 0.6 is 11.6 Å².